The monoisotopic (exact) mass is 293 g/mol. The average Bonchev–Trinajstić information content (AvgIpc) is 2.46. The van der Waals surface area contributed by atoms with Crippen molar-refractivity contribution in [2.75, 3.05) is 19.8 Å². The minimum absolute atomic E-state index is 0.326. The van der Waals surface area contributed by atoms with Crippen molar-refractivity contribution in [3.05, 3.63) is 42.5 Å². The van der Waals surface area contributed by atoms with Gasteiger partial charge in [-0.15, -0.1) is 0 Å². The molecule has 0 aliphatic carbocycles. The van der Waals surface area contributed by atoms with E-state index >= 15 is 0 Å². The molecule has 5 heteroatoms. The zero-order valence-corrected chi connectivity index (χ0v) is 12.3. The predicted octanol–water partition coefficient (Wildman–Crippen LogP) is 2.54. The van der Waals surface area contributed by atoms with E-state index in [4.69, 9.17) is 4.74 Å². The van der Waals surface area contributed by atoms with Gasteiger partial charge in [-0.05, 0) is 24.8 Å². The highest BCUT2D eigenvalue weighted by atomic mass is 32.2. The van der Waals surface area contributed by atoms with Crippen LogP contribution in [-0.2, 0) is 14.8 Å². The molecule has 2 aromatic rings. The van der Waals surface area contributed by atoms with Crippen LogP contribution >= 0.6 is 0 Å². The van der Waals surface area contributed by atoms with Gasteiger partial charge in [-0.2, -0.15) is 0 Å². The first-order chi connectivity index (χ1) is 9.65. The van der Waals surface area contributed by atoms with Crippen molar-refractivity contribution in [3.8, 4) is 0 Å². The minimum atomic E-state index is -3.48. The lowest BCUT2D eigenvalue weighted by Crippen LogP contribution is -2.25. The summed E-state index contributed by atoms with van der Waals surface area (Å²) in [6.45, 7) is 3.51. The zero-order chi connectivity index (χ0) is 14.4. The first-order valence-corrected chi connectivity index (χ1v) is 8.18. The molecule has 0 amide bonds. The largest absolute Gasteiger partial charge is 0.382 e. The van der Waals surface area contributed by atoms with Gasteiger partial charge in [-0.25, -0.2) is 13.1 Å². The summed E-state index contributed by atoms with van der Waals surface area (Å²) >= 11 is 0. The quantitative estimate of drug-likeness (QED) is 0.798. The maximum Gasteiger partial charge on any atom is 0.241 e. The Morgan fingerprint density at radius 1 is 1.10 bits per heavy atom. The Morgan fingerprint density at radius 2 is 1.85 bits per heavy atom. The third kappa shape index (κ3) is 3.56. The van der Waals surface area contributed by atoms with Crippen LogP contribution in [-0.4, -0.2) is 28.2 Å². The average molecular weight is 293 g/mol. The van der Waals surface area contributed by atoms with Crippen LogP contribution in [0.3, 0.4) is 0 Å². The van der Waals surface area contributed by atoms with Crippen molar-refractivity contribution in [2.24, 2.45) is 0 Å². The van der Waals surface area contributed by atoms with Gasteiger partial charge >= 0.3 is 0 Å². The van der Waals surface area contributed by atoms with Gasteiger partial charge in [0, 0.05) is 25.1 Å². The molecule has 0 saturated carbocycles. The van der Waals surface area contributed by atoms with E-state index in [1.807, 2.05) is 37.3 Å². The summed E-state index contributed by atoms with van der Waals surface area (Å²) < 4.78 is 32.5. The Balaban J connectivity index is 2.15. The highest BCUT2D eigenvalue weighted by Crippen LogP contribution is 2.22. The topological polar surface area (TPSA) is 55.4 Å². The van der Waals surface area contributed by atoms with E-state index in [2.05, 4.69) is 4.72 Å². The molecule has 0 unspecified atom stereocenters. The fourth-order valence-corrected chi connectivity index (χ4v) is 3.33. The lowest BCUT2D eigenvalue weighted by Gasteiger charge is -2.09. The lowest BCUT2D eigenvalue weighted by molar-refractivity contribution is 0.146. The molecule has 4 nitrogen and oxygen atoms in total. The fraction of sp³-hybridized carbons (Fsp3) is 0.333. The molecule has 0 aliphatic heterocycles. The van der Waals surface area contributed by atoms with E-state index in [0.717, 1.165) is 10.8 Å². The molecule has 0 spiro atoms. The maximum atomic E-state index is 12.3. The summed E-state index contributed by atoms with van der Waals surface area (Å²) in [5.74, 6) is 0. The Labute approximate surface area is 119 Å². The van der Waals surface area contributed by atoms with Gasteiger partial charge in [-0.3, -0.25) is 0 Å². The van der Waals surface area contributed by atoms with Crippen LogP contribution in [0.25, 0.3) is 10.8 Å². The van der Waals surface area contributed by atoms with Gasteiger partial charge in [0.15, 0.2) is 0 Å². The summed E-state index contributed by atoms with van der Waals surface area (Å²) in [5, 5.41) is 1.66. The molecule has 0 bridgehead atoms. The van der Waals surface area contributed by atoms with Crippen molar-refractivity contribution in [2.45, 2.75) is 18.2 Å². The number of nitrogens with one attached hydrogen (secondary N) is 1. The van der Waals surface area contributed by atoms with E-state index < -0.39 is 10.0 Å². The third-order valence-corrected chi connectivity index (χ3v) is 4.52. The van der Waals surface area contributed by atoms with Crippen molar-refractivity contribution in [1.29, 1.82) is 0 Å². The van der Waals surface area contributed by atoms with Crippen molar-refractivity contribution in [3.63, 3.8) is 0 Å². The Hall–Kier alpha value is -1.43. The van der Waals surface area contributed by atoms with Crippen LogP contribution < -0.4 is 4.72 Å². The molecule has 0 radical (unpaired) electrons. The van der Waals surface area contributed by atoms with Crippen LogP contribution in [0, 0.1) is 0 Å². The van der Waals surface area contributed by atoms with E-state index in [9.17, 15) is 8.42 Å². The third-order valence-electron chi connectivity index (χ3n) is 3.00. The highest BCUT2D eigenvalue weighted by Gasteiger charge is 2.16. The smallest absolute Gasteiger partial charge is 0.241 e. The van der Waals surface area contributed by atoms with Crippen LogP contribution in [0.5, 0.6) is 0 Å². The van der Waals surface area contributed by atoms with Gasteiger partial charge in [0.05, 0.1) is 4.90 Å². The van der Waals surface area contributed by atoms with Crippen molar-refractivity contribution in [1.82, 2.24) is 4.72 Å². The zero-order valence-electron chi connectivity index (χ0n) is 11.5. The molecule has 0 heterocycles. The van der Waals surface area contributed by atoms with Gasteiger partial charge in [0.25, 0.3) is 0 Å². The molecule has 0 fully saturated rings. The molecule has 1 N–H and O–H groups in total. The number of rotatable bonds is 7. The Morgan fingerprint density at radius 3 is 2.65 bits per heavy atom. The summed E-state index contributed by atoms with van der Waals surface area (Å²) in [5.41, 5.74) is 0. The minimum Gasteiger partial charge on any atom is -0.382 e. The molecule has 108 valence electrons. The first-order valence-electron chi connectivity index (χ1n) is 6.70. The molecular formula is C15H19NO3S. The number of benzene rings is 2. The molecule has 0 aromatic heterocycles. The number of fused-ring (bicyclic) bond motifs is 1. The van der Waals surface area contributed by atoms with Gasteiger partial charge in [-0.1, -0.05) is 36.4 Å². The second kappa shape index (κ2) is 6.83. The van der Waals surface area contributed by atoms with Gasteiger partial charge < -0.3 is 4.74 Å². The van der Waals surface area contributed by atoms with E-state index in [0.29, 0.717) is 31.1 Å². The van der Waals surface area contributed by atoms with Crippen molar-refractivity contribution >= 4 is 20.8 Å². The van der Waals surface area contributed by atoms with Crippen molar-refractivity contribution < 1.29 is 13.2 Å². The van der Waals surface area contributed by atoms with Crippen LogP contribution in [0.4, 0.5) is 0 Å². The summed E-state index contributed by atoms with van der Waals surface area (Å²) in [6.07, 6.45) is 0.665. The molecule has 0 aliphatic rings. The lowest BCUT2D eigenvalue weighted by atomic mass is 10.1. The summed E-state index contributed by atoms with van der Waals surface area (Å²) in [7, 11) is -3.48. The number of ether oxygens (including phenoxy) is 1. The highest BCUT2D eigenvalue weighted by molar-refractivity contribution is 7.89. The SMILES string of the molecule is CCOCCCNS(=O)(=O)c1cccc2ccccc12. The molecular weight excluding hydrogens is 274 g/mol. The standard InChI is InChI=1S/C15H19NO3S/c1-2-19-12-6-11-16-20(17,18)15-10-5-8-13-7-3-4-9-14(13)15/h3-5,7-10,16H,2,6,11-12H2,1H3. The molecule has 0 atom stereocenters. The molecule has 2 aromatic carbocycles. The molecule has 0 saturated heterocycles. The van der Waals surface area contributed by atoms with Gasteiger partial charge in [0.1, 0.15) is 0 Å². The molecule has 2 rings (SSSR count). The fourth-order valence-electron chi connectivity index (χ4n) is 2.03. The number of hydrogen-bond acceptors (Lipinski definition) is 3. The van der Waals surface area contributed by atoms with Crippen LogP contribution in [0.15, 0.2) is 47.4 Å². The predicted molar refractivity (Wildman–Crippen MR) is 80.2 cm³/mol. The van der Waals surface area contributed by atoms with Gasteiger partial charge in [0.2, 0.25) is 10.0 Å². The normalized spacial score (nSPS) is 11.8. The van der Waals surface area contributed by atoms with Crippen LogP contribution in [0.1, 0.15) is 13.3 Å². The van der Waals surface area contributed by atoms with E-state index in [-0.39, 0.29) is 0 Å². The Kier molecular flexibility index (Phi) is 5.11. The molecule has 20 heavy (non-hydrogen) atoms. The second-order valence-corrected chi connectivity index (χ2v) is 6.16. The summed E-state index contributed by atoms with van der Waals surface area (Å²) in [4.78, 5) is 0.326. The first kappa shape index (κ1) is 15.0. The van der Waals surface area contributed by atoms with E-state index in [1.54, 1.807) is 12.1 Å². The van der Waals surface area contributed by atoms with E-state index in [1.165, 1.54) is 0 Å². The summed E-state index contributed by atoms with van der Waals surface area (Å²) in [6, 6.07) is 12.8. The number of sulfonamides is 1. The Bertz CT molecular complexity index is 662. The van der Waals surface area contributed by atoms with Crippen LogP contribution in [0.2, 0.25) is 0 Å². The second-order valence-electron chi connectivity index (χ2n) is 4.43. The number of hydrogen-bond donors (Lipinski definition) is 1. The maximum absolute atomic E-state index is 12.3.